The molecule has 0 radical (unpaired) electrons. The normalized spacial score (nSPS) is 11.2. The van der Waals surface area contributed by atoms with Crippen molar-refractivity contribution >= 4 is 48.9 Å². The second-order valence-electron chi connectivity index (χ2n) is 5.42. The largest absolute Gasteiger partial charge is 0.298 e. The predicted molar refractivity (Wildman–Crippen MR) is 96.4 cm³/mol. The number of anilines is 1. The lowest BCUT2D eigenvalue weighted by Crippen LogP contribution is -2.26. The number of rotatable bonds is 2. The van der Waals surface area contributed by atoms with E-state index in [1.807, 2.05) is 37.4 Å². The molecule has 4 rings (SSSR count). The van der Waals surface area contributed by atoms with Crippen LogP contribution in [-0.4, -0.2) is 20.3 Å². The maximum atomic E-state index is 12.5. The van der Waals surface area contributed by atoms with Crippen LogP contribution in [0.5, 0.6) is 0 Å². The fraction of sp³-hybridized carbons (Fsp3) is 0.125. The van der Waals surface area contributed by atoms with Crippen molar-refractivity contribution < 1.29 is 4.79 Å². The van der Waals surface area contributed by atoms with Gasteiger partial charge >= 0.3 is 0 Å². The fourth-order valence-electron chi connectivity index (χ4n) is 2.43. The van der Waals surface area contributed by atoms with Crippen molar-refractivity contribution in [1.29, 1.82) is 0 Å². The molecule has 0 bridgehead atoms. The molecule has 3 aromatic heterocycles. The summed E-state index contributed by atoms with van der Waals surface area (Å²) in [5.74, 6) is -0.497. The number of hydrogen-bond donors (Lipinski definition) is 1. The number of carbonyl (C=O) groups is 1. The molecule has 0 fully saturated rings. The van der Waals surface area contributed by atoms with Crippen LogP contribution in [0.15, 0.2) is 34.6 Å². The standard InChI is InChI=1S/C16H12N4O2S2/c1-8-3-4-11-12(5-8)24-15(18-11)19-13(21)10-6-17-16-20(14(10)22)9(2)7-23-16/h3-7H,1-2H3,(H,18,19,21). The number of amides is 1. The molecule has 0 aliphatic heterocycles. The Kier molecular flexibility index (Phi) is 3.43. The summed E-state index contributed by atoms with van der Waals surface area (Å²) < 4.78 is 2.44. The first-order valence-electron chi connectivity index (χ1n) is 7.17. The van der Waals surface area contributed by atoms with E-state index in [4.69, 9.17) is 0 Å². The maximum absolute atomic E-state index is 12.5. The molecule has 1 aromatic carbocycles. The SMILES string of the molecule is Cc1ccc2nc(NC(=O)c3cnc4scc(C)n4c3=O)sc2c1. The number of carbonyl (C=O) groups excluding carboxylic acids is 1. The van der Waals surface area contributed by atoms with E-state index in [9.17, 15) is 9.59 Å². The second kappa shape index (κ2) is 5.50. The average Bonchev–Trinajstić information content (AvgIpc) is 3.10. The van der Waals surface area contributed by atoms with Gasteiger partial charge in [-0.2, -0.15) is 0 Å². The quantitative estimate of drug-likeness (QED) is 0.598. The van der Waals surface area contributed by atoms with Gasteiger partial charge in [0.25, 0.3) is 11.5 Å². The van der Waals surface area contributed by atoms with Gasteiger partial charge < -0.3 is 0 Å². The van der Waals surface area contributed by atoms with Crippen molar-refractivity contribution in [3.63, 3.8) is 0 Å². The van der Waals surface area contributed by atoms with Crippen molar-refractivity contribution in [2.75, 3.05) is 5.32 Å². The first-order valence-corrected chi connectivity index (χ1v) is 8.87. The van der Waals surface area contributed by atoms with E-state index in [0.29, 0.717) is 10.1 Å². The van der Waals surface area contributed by atoms with Gasteiger partial charge in [0.15, 0.2) is 10.1 Å². The van der Waals surface area contributed by atoms with Gasteiger partial charge in [-0.05, 0) is 31.5 Å². The van der Waals surface area contributed by atoms with Crippen molar-refractivity contribution in [3.8, 4) is 0 Å². The monoisotopic (exact) mass is 356 g/mol. The average molecular weight is 356 g/mol. The van der Waals surface area contributed by atoms with E-state index >= 15 is 0 Å². The van der Waals surface area contributed by atoms with Gasteiger partial charge in [-0.15, -0.1) is 11.3 Å². The number of benzene rings is 1. The van der Waals surface area contributed by atoms with E-state index in [1.54, 1.807) is 0 Å². The zero-order valence-electron chi connectivity index (χ0n) is 12.9. The molecular weight excluding hydrogens is 344 g/mol. The molecule has 1 N–H and O–H groups in total. The van der Waals surface area contributed by atoms with Gasteiger partial charge in [0.2, 0.25) is 0 Å². The Balaban J connectivity index is 1.71. The van der Waals surface area contributed by atoms with Crippen LogP contribution in [0.2, 0.25) is 0 Å². The summed E-state index contributed by atoms with van der Waals surface area (Å²) in [6.45, 7) is 3.81. The third-order valence-electron chi connectivity index (χ3n) is 3.63. The Hall–Kier alpha value is -2.58. The van der Waals surface area contributed by atoms with E-state index in [0.717, 1.165) is 21.5 Å². The van der Waals surface area contributed by atoms with Gasteiger partial charge in [-0.1, -0.05) is 17.4 Å². The summed E-state index contributed by atoms with van der Waals surface area (Å²) in [6, 6.07) is 5.89. The molecular formula is C16H12N4O2S2. The minimum atomic E-state index is -0.497. The van der Waals surface area contributed by atoms with E-state index in [2.05, 4.69) is 15.3 Å². The molecule has 1 amide bonds. The summed E-state index contributed by atoms with van der Waals surface area (Å²) >= 11 is 2.75. The van der Waals surface area contributed by atoms with E-state index in [1.165, 1.54) is 33.3 Å². The van der Waals surface area contributed by atoms with Gasteiger partial charge in [0.1, 0.15) is 5.56 Å². The van der Waals surface area contributed by atoms with E-state index in [-0.39, 0.29) is 11.1 Å². The van der Waals surface area contributed by atoms with Gasteiger partial charge in [-0.3, -0.25) is 19.3 Å². The third kappa shape index (κ3) is 2.40. The first kappa shape index (κ1) is 15.0. The number of hydrogen-bond acceptors (Lipinski definition) is 6. The molecule has 4 aromatic rings. The Morgan fingerprint density at radius 1 is 1.29 bits per heavy atom. The molecule has 0 spiro atoms. The first-order chi connectivity index (χ1) is 11.5. The lowest BCUT2D eigenvalue weighted by Gasteiger charge is -2.02. The molecule has 8 heteroatoms. The Labute approximate surface area is 144 Å². The van der Waals surface area contributed by atoms with E-state index < -0.39 is 5.91 Å². The van der Waals surface area contributed by atoms with Crippen LogP contribution in [0, 0.1) is 13.8 Å². The Bertz CT molecular complexity index is 1160. The van der Waals surface area contributed by atoms with Crippen LogP contribution in [0.3, 0.4) is 0 Å². The number of thiazole rings is 2. The Morgan fingerprint density at radius 2 is 2.12 bits per heavy atom. The van der Waals surface area contributed by atoms with Crippen molar-refractivity contribution in [2.24, 2.45) is 0 Å². The molecule has 0 saturated heterocycles. The molecule has 24 heavy (non-hydrogen) atoms. The highest BCUT2D eigenvalue weighted by Gasteiger charge is 2.17. The molecule has 0 aliphatic carbocycles. The topological polar surface area (TPSA) is 76.4 Å². The van der Waals surface area contributed by atoms with Crippen molar-refractivity contribution in [1.82, 2.24) is 14.4 Å². The zero-order chi connectivity index (χ0) is 16.8. The highest BCUT2D eigenvalue weighted by Crippen LogP contribution is 2.26. The number of aromatic nitrogens is 3. The highest BCUT2D eigenvalue weighted by atomic mass is 32.1. The lowest BCUT2D eigenvalue weighted by molar-refractivity contribution is 0.102. The molecule has 0 aliphatic rings. The molecule has 0 unspecified atom stereocenters. The van der Waals surface area contributed by atoms with Crippen LogP contribution < -0.4 is 10.9 Å². The second-order valence-corrected chi connectivity index (χ2v) is 7.28. The summed E-state index contributed by atoms with van der Waals surface area (Å²) in [5, 5.41) is 5.00. The Morgan fingerprint density at radius 3 is 2.96 bits per heavy atom. The highest BCUT2D eigenvalue weighted by molar-refractivity contribution is 7.22. The minimum absolute atomic E-state index is 0.00411. The number of fused-ring (bicyclic) bond motifs is 2. The fourth-order valence-corrected chi connectivity index (χ4v) is 4.22. The van der Waals surface area contributed by atoms with Crippen molar-refractivity contribution in [2.45, 2.75) is 13.8 Å². The number of nitrogens with zero attached hydrogens (tertiary/aromatic N) is 3. The smallest absolute Gasteiger partial charge is 0.271 e. The number of nitrogens with one attached hydrogen (secondary N) is 1. The van der Waals surface area contributed by atoms with Gasteiger partial charge in [0.05, 0.1) is 10.2 Å². The molecule has 120 valence electrons. The summed E-state index contributed by atoms with van der Waals surface area (Å²) in [5.41, 5.74) is 2.35. The molecule has 0 saturated carbocycles. The molecule has 0 atom stereocenters. The lowest BCUT2D eigenvalue weighted by atomic mass is 10.2. The van der Waals surface area contributed by atoms with Crippen LogP contribution in [0.25, 0.3) is 15.2 Å². The summed E-state index contributed by atoms with van der Waals surface area (Å²) in [6.07, 6.45) is 1.32. The van der Waals surface area contributed by atoms with Gasteiger partial charge in [0, 0.05) is 17.3 Å². The summed E-state index contributed by atoms with van der Waals surface area (Å²) in [4.78, 5) is 34.1. The molecule has 3 heterocycles. The van der Waals surface area contributed by atoms with Crippen LogP contribution in [0.4, 0.5) is 5.13 Å². The van der Waals surface area contributed by atoms with Crippen LogP contribution >= 0.6 is 22.7 Å². The minimum Gasteiger partial charge on any atom is -0.298 e. The van der Waals surface area contributed by atoms with Gasteiger partial charge in [-0.25, -0.2) is 9.97 Å². The third-order valence-corrected chi connectivity index (χ3v) is 5.52. The molecule has 6 nitrogen and oxygen atoms in total. The summed E-state index contributed by atoms with van der Waals surface area (Å²) in [7, 11) is 0. The predicted octanol–water partition coefficient (Wildman–Crippen LogP) is 3.23. The number of aryl methyl sites for hydroxylation is 2. The van der Waals surface area contributed by atoms with Crippen molar-refractivity contribution in [3.05, 3.63) is 57.0 Å². The van der Waals surface area contributed by atoms with Crippen LogP contribution in [-0.2, 0) is 0 Å². The van der Waals surface area contributed by atoms with Crippen LogP contribution in [0.1, 0.15) is 21.6 Å². The zero-order valence-corrected chi connectivity index (χ0v) is 14.5. The maximum Gasteiger partial charge on any atom is 0.271 e.